The van der Waals surface area contributed by atoms with Crippen LogP contribution in [0.5, 0.6) is 5.75 Å². The van der Waals surface area contributed by atoms with Gasteiger partial charge in [0.2, 0.25) is 11.1 Å². The van der Waals surface area contributed by atoms with Crippen molar-refractivity contribution < 1.29 is 9.53 Å². The summed E-state index contributed by atoms with van der Waals surface area (Å²) in [6.45, 7) is 2.51. The lowest BCUT2D eigenvalue weighted by atomic mass is 10.2. The Hall–Kier alpha value is -2.07. The van der Waals surface area contributed by atoms with Gasteiger partial charge in [0.05, 0.1) is 17.9 Å². The maximum Gasteiger partial charge on any atom is 0.234 e. The molecule has 26 heavy (non-hydrogen) atoms. The summed E-state index contributed by atoms with van der Waals surface area (Å²) in [7, 11) is 0. The molecule has 0 aliphatic heterocycles. The first kappa shape index (κ1) is 18.7. The van der Waals surface area contributed by atoms with Gasteiger partial charge in [0, 0.05) is 9.26 Å². The van der Waals surface area contributed by atoms with E-state index in [4.69, 9.17) is 4.74 Å². The Morgan fingerprint density at radius 2 is 2.00 bits per heavy atom. The van der Waals surface area contributed by atoms with Crippen molar-refractivity contribution in [1.82, 2.24) is 15.2 Å². The van der Waals surface area contributed by atoms with Gasteiger partial charge < -0.3 is 10.1 Å². The zero-order valence-corrected chi connectivity index (χ0v) is 17.0. The SMILES string of the molecule is CCOc1ccccc1-c1nc(SCC(=O)Nc2ccc(I)cc2)n[nH]1. The number of hydrogen-bond donors (Lipinski definition) is 2. The lowest BCUT2D eigenvalue weighted by molar-refractivity contribution is -0.113. The molecule has 0 spiro atoms. The summed E-state index contributed by atoms with van der Waals surface area (Å²) in [4.78, 5) is 16.5. The molecule has 0 saturated heterocycles. The highest BCUT2D eigenvalue weighted by Gasteiger charge is 2.12. The second-order valence-electron chi connectivity index (χ2n) is 5.24. The topological polar surface area (TPSA) is 79.9 Å². The van der Waals surface area contributed by atoms with Crippen LogP contribution < -0.4 is 10.1 Å². The van der Waals surface area contributed by atoms with E-state index in [-0.39, 0.29) is 11.7 Å². The van der Waals surface area contributed by atoms with Gasteiger partial charge in [-0.05, 0) is 65.9 Å². The normalized spacial score (nSPS) is 10.5. The van der Waals surface area contributed by atoms with E-state index in [1.165, 1.54) is 11.8 Å². The molecule has 3 aromatic rings. The van der Waals surface area contributed by atoms with Crippen LogP contribution in [-0.4, -0.2) is 33.4 Å². The van der Waals surface area contributed by atoms with Crippen LogP contribution in [-0.2, 0) is 4.79 Å². The van der Waals surface area contributed by atoms with Gasteiger partial charge in [-0.2, -0.15) is 0 Å². The van der Waals surface area contributed by atoms with Crippen molar-refractivity contribution in [1.29, 1.82) is 0 Å². The molecule has 1 heterocycles. The summed E-state index contributed by atoms with van der Waals surface area (Å²) in [5.41, 5.74) is 1.62. The molecule has 3 rings (SSSR count). The number of benzene rings is 2. The van der Waals surface area contributed by atoms with Crippen LogP contribution in [0.1, 0.15) is 6.92 Å². The number of amides is 1. The number of aromatic amines is 1. The predicted molar refractivity (Wildman–Crippen MR) is 112 cm³/mol. The van der Waals surface area contributed by atoms with Gasteiger partial charge in [-0.1, -0.05) is 23.9 Å². The van der Waals surface area contributed by atoms with E-state index >= 15 is 0 Å². The van der Waals surface area contributed by atoms with Crippen LogP contribution in [0.25, 0.3) is 11.4 Å². The number of halogens is 1. The van der Waals surface area contributed by atoms with Crippen molar-refractivity contribution in [3.8, 4) is 17.1 Å². The van der Waals surface area contributed by atoms with Gasteiger partial charge in [0.25, 0.3) is 0 Å². The van der Waals surface area contributed by atoms with E-state index in [9.17, 15) is 4.79 Å². The van der Waals surface area contributed by atoms with Gasteiger partial charge in [0.1, 0.15) is 5.75 Å². The van der Waals surface area contributed by atoms with Crippen LogP contribution in [0.15, 0.2) is 53.7 Å². The average molecular weight is 480 g/mol. The van der Waals surface area contributed by atoms with E-state index in [0.717, 1.165) is 20.6 Å². The van der Waals surface area contributed by atoms with Crippen LogP contribution in [0.4, 0.5) is 5.69 Å². The van der Waals surface area contributed by atoms with Crippen LogP contribution >= 0.6 is 34.4 Å². The molecular weight excluding hydrogens is 463 g/mol. The maximum atomic E-state index is 12.1. The number of hydrogen-bond acceptors (Lipinski definition) is 5. The van der Waals surface area contributed by atoms with E-state index in [1.807, 2.05) is 55.5 Å². The first-order chi connectivity index (χ1) is 12.7. The van der Waals surface area contributed by atoms with Gasteiger partial charge >= 0.3 is 0 Å². The molecule has 2 N–H and O–H groups in total. The molecule has 0 unspecified atom stereocenters. The van der Waals surface area contributed by atoms with Gasteiger partial charge in [-0.3, -0.25) is 9.89 Å². The second-order valence-corrected chi connectivity index (χ2v) is 7.43. The molecule has 1 aromatic heterocycles. The van der Waals surface area contributed by atoms with Crippen LogP contribution in [0.3, 0.4) is 0 Å². The number of nitrogens with one attached hydrogen (secondary N) is 2. The highest BCUT2D eigenvalue weighted by atomic mass is 127. The summed E-state index contributed by atoms with van der Waals surface area (Å²) >= 11 is 3.50. The zero-order valence-electron chi connectivity index (χ0n) is 14.0. The van der Waals surface area contributed by atoms with Crippen molar-refractivity contribution in [2.24, 2.45) is 0 Å². The second kappa shape index (κ2) is 9.04. The number of nitrogens with zero attached hydrogens (tertiary/aromatic N) is 2. The molecule has 0 aliphatic carbocycles. The fraction of sp³-hybridized carbons (Fsp3) is 0.167. The number of para-hydroxylation sites is 1. The number of carbonyl (C=O) groups excluding carboxylic acids is 1. The van der Waals surface area contributed by atoms with Gasteiger partial charge in [0.15, 0.2) is 5.82 Å². The molecular formula is C18H17IN4O2S. The molecule has 134 valence electrons. The number of carbonyl (C=O) groups is 1. The molecule has 0 bridgehead atoms. The molecule has 8 heteroatoms. The average Bonchev–Trinajstić information content (AvgIpc) is 3.12. The van der Waals surface area contributed by atoms with Crippen molar-refractivity contribution in [2.75, 3.05) is 17.7 Å². The Bertz CT molecular complexity index is 883. The van der Waals surface area contributed by atoms with Crippen LogP contribution in [0.2, 0.25) is 0 Å². The maximum absolute atomic E-state index is 12.1. The first-order valence-electron chi connectivity index (χ1n) is 7.98. The number of rotatable bonds is 7. The third kappa shape index (κ3) is 4.98. The van der Waals surface area contributed by atoms with E-state index in [1.54, 1.807) is 0 Å². The fourth-order valence-corrected chi connectivity index (χ4v) is 3.19. The molecule has 0 saturated carbocycles. The van der Waals surface area contributed by atoms with E-state index < -0.39 is 0 Å². The first-order valence-corrected chi connectivity index (χ1v) is 10.0. The van der Waals surface area contributed by atoms with E-state index in [2.05, 4.69) is 43.1 Å². The Balaban J connectivity index is 1.60. The monoisotopic (exact) mass is 480 g/mol. The minimum atomic E-state index is -0.0997. The number of ether oxygens (including phenoxy) is 1. The summed E-state index contributed by atoms with van der Waals surface area (Å²) < 4.78 is 6.74. The summed E-state index contributed by atoms with van der Waals surface area (Å²) in [5.74, 6) is 1.50. The predicted octanol–water partition coefficient (Wildman–Crippen LogP) is 4.21. The highest BCUT2D eigenvalue weighted by molar-refractivity contribution is 14.1. The largest absolute Gasteiger partial charge is 0.493 e. The molecule has 6 nitrogen and oxygen atoms in total. The standard InChI is InChI=1S/C18H17IN4O2S/c1-2-25-15-6-4-3-5-14(15)17-21-18(23-22-17)26-11-16(24)20-13-9-7-12(19)8-10-13/h3-10H,2,11H2,1H3,(H,20,24)(H,21,22,23). The Labute approximate surface area is 169 Å². The minimum absolute atomic E-state index is 0.0997. The smallest absolute Gasteiger partial charge is 0.234 e. The van der Waals surface area contributed by atoms with Crippen molar-refractivity contribution >= 4 is 45.9 Å². The number of aromatic nitrogens is 3. The van der Waals surface area contributed by atoms with E-state index in [0.29, 0.717) is 17.6 Å². The summed E-state index contributed by atoms with van der Waals surface area (Å²) in [6, 6.07) is 15.3. The van der Waals surface area contributed by atoms with Gasteiger partial charge in [-0.15, -0.1) is 5.10 Å². The van der Waals surface area contributed by atoms with Crippen molar-refractivity contribution in [2.45, 2.75) is 12.1 Å². The molecule has 2 aromatic carbocycles. The fourth-order valence-electron chi connectivity index (χ4n) is 2.24. The zero-order chi connectivity index (χ0) is 18.4. The lowest BCUT2D eigenvalue weighted by Gasteiger charge is -2.06. The van der Waals surface area contributed by atoms with Crippen molar-refractivity contribution in [3.05, 3.63) is 52.1 Å². The number of thioether (sulfide) groups is 1. The van der Waals surface area contributed by atoms with Crippen molar-refractivity contribution in [3.63, 3.8) is 0 Å². The number of H-pyrrole nitrogens is 1. The quantitative estimate of drug-likeness (QED) is 0.392. The number of anilines is 1. The summed E-state index contributed by atoms with van der Waals surface area (Å²) in [6.07, 6.45) is 0. The molecule has 0 fully saturated rings. The van der Waals surface area contributed by atoms with Crippen LogP contribution in [0, 0.1) is 3.57 Å². The highest BCUT2D eigenvalue weighted by Crippen LogP contribution is 2.28. The Kier molecular flexibility index (Phi) is 6.51. The summed E-state index contributed by atoms with van der Waals surface area (Å²) in [5, 5.41) is 10.5. The third-order valence-electron chi connectivity index (χ3n) is 3.37. The Morgan fingerprint density at radius 3 is 2.77 bits per heavy atom. The Morgan fingerprint density at radius 1 is 1.23 bits per heavy atom. The molecule has 0 aliphatic rings. The third-order valence-corrected chi connectivity index (χ3v) is 4.93. The lowest BCUT2D eigenvalue weighted by Crippen LogP contribution is -2.14. The molecule has 0 radical (unpaired) electrons. The minimum Gasteiger partial charge on any atom is -0.493 e. The molecule has 0 atom stereocenters. The van der Waals surface area contributed by atoms with Gasteiger partial charge in [-0.25, -0.2) is 4.98 Å². The molecule has 1 amide bonds.